The predicted molar refractivity (Wildman–Crippen MR) is 141 cm³/mol. The number of fused-ring (bicyclic) bond motifs is 1. The highest BCUT2D eigenvalue weighted by atomic mass is 16.5. The van der Waals surface area contributed by atoms with E-state index in [2.05, 4.69) is 16.5 Å². The molecule has 1 spiro atoms. The maximum Gasteiger partial charge on any atom is 0.164 e. The number of aromatic nitrogens is 4. The van der Waals surface area contributed by atoms with Crippen molar-refractivity contribution in [3.05, 3.63) is 73.6 Å². The van der Waals surface area contributed by atoms with Crippen molar-refractivity contribution in [3.8, 4) is 22.8 Å². The number of para-hydroxylation sites is 1. The molecule has 8 nitrogen and oxygen atoms in total. The molecule has 2 fully saturated rings. The van der Waals surface area contributed by atoms with Crippen LogP contribution in [-0.4, -0.2) is 37.7 Å². The van der Waals surface area contributed by atoms with Gasteiger partial charge in [0.1, 0.15) is 29.3 Å². The molecule has 0 bridgehead atoms. The summed E-state index contributed by atoms with van der Waals surface area (Å²) in [7, 11) is 0. The molecule has 3 heterocycles. The standard InChI is InChI=1S/C29H29N5O3/c1-2-24(35)20-7-6-14-29(15-20)16-21(17-36-29)34-28-25(27(30)31-18-32-28)26(33-34)19-10-12-23(13-11-19)37-22-8-4-3-5-9-22/h2-5,8-13,18,20-21H,1,6-7,14-17H2,(H2,30,31,32). The Kier molecular flexibility index (Phi) is 5.96. The number of carbonyl (C=O) groups excluding carboxylic acids is 1. The Morgan fingerprint density at radius 2 is 1.89 bits per heavy atom. The molecule has 0 radical (unpaired) electrons. The van der Waals surface area contributed by atoms with E-state index in [0.29, 0.717) is 18.1 Å². The van der Waals surface area contributed by atoms with Gasteiger partial charge in [-0.15, -0.1) is 0 Å². The normalized spacial score (nSPS) is 23.4. The van der Waals surface area contributed by atoms with Crippen molar-refractivity contribution in [1.29, 1.82) is 0 Å². The zero-order valence-corrected chi connectivity index (χ0v) is 20.5. The Labute approximate surface area is 215 Å². The van der Waals surface area contributed by atoms with Crippen LogP contribution in [0.25, 0.3) is 22.3 Å². The third-order valence-electron chi connectivity index (χ3n) is 7.57. The first-order chi connectivity index (χ1) is 18.0. The summed E-state index contributed by atoms with van der Waals surface area (Å²) in [4.78, 5) is 21.1. The van der Waals surface area contributed by atoms with Gasteiger partial charge in [0.2, 0.25) is 0 Å². The minimum atomic E-state index is -0.320. The van der Waals surface area contributed by atoms with Crippen molar-refractivity contribution >= 4 is 22.6 Å². The molecule has 2 aromatic carbocycles. The Balaban J connectivity index is 1.30. The molecule has 1 saturated heterocycles. The van der Waals surface area contributed by atoms with Gasteiger partial charge in [-0.1, -0.05) is 24.8 Å². The summed E-state index contributed by atoms with van der Waals surface area (Å²) in [5.74, 6) is 1.98. The number of nitrogens with zero attached hydrogens (tertiary/aromatic N) is 4. The van der Waals surface area contributed by atoms with Crippen LogP contribution >= 0.6 is 0 Å². The minimum Gasteiger partial charge on any atom is -0.457 e. The second-order valence-electron chi connectivity index (χ2n) is 9.94. The summed E-state index contributed by atoms with van der Waals surface area (Å²) in [6, 6.07) is 17.4. The van der Waals surface area contributed by atoms with Crippen LogP contribution in [0.5, 0.6) is 11.5 Å². The molecule has 37 heavy (non-hydrogen) atoms. The molecule has 8 heteroatoms. The number of ketones is 1. The monoisotopic (exact) mass is 495 g/mol. The van der Waals surface area contributed by atoms with Crippen molar-refractivity contribution in [2.45, 2.75) is 43.7 Å². The van der Waals surface area contributed by atoms with E-state index in [9.17, 15) is 4.79 Å². The van der Waals surface area contributed by atoms with Crippen molar-refractivity contribution < 1.29 is 14.3 Å². The van der Waals surface area contributed by atoms with Crippen LogP contribution in [0.2, 0.25) is 0 Å². The van der Waals surface area contributed by atoms with Crippen LogP contribution < -0.4 is 10.5 Å². The average molecular weight is 496 g/mol. The maximum atomic E-state index is 12.3. The van der Waals surface area contributed by atoms with E-state index >= 15 is 0 Å². The van der Waals surface area contributed by atoms with Gasteiger partial charge in [0.05, 0.1) is 23.6 Å². The lowest BCUT2D eigenvalue weighted by atomic mass is 9.74. The molecule has 2 N–H and O–H groups in total. The van der Waals surface area contributed by atoms with Gasteiger partial charge < -0.3 is 15.2 Å². The third kappa shape index (κ3) is 4.38. The van der Waals surface area contributed by atoms with E-state index in [0.717, 1.165) is 60.2 Å². The number of anilines is 1. The molecular weight excluding hydrogens is 466 g/mol. The Morgan fingerprint density at radius 3 is 2.68 bits per heavy atom. The highest BCUT2D eigenvalue weighted by molar-refractivity contribution is 5.98. The van der Waals surface area contributed by atoms with Gasteiger partial charge in [-0.25, -0.2) is 14.6 Å². The highest BCUT2D eigenvalue weighted by Crippen LogP contribution is 2.46. The van der Waals surface area contributed by atoms with E-state index < -0.39 is 0 Å². The second kappa shape index (κ2) is 9.44. The van der Waals surface area contributed by atoms with Crippen molar-refractivity contribution in [1.82, 2.24) is 19.7 Å². The van der Waals surface area contributed by atoms with Crippen LogP contribution in [0.1, 0.15) is 38.1 Å². The number of rotatable bonds is 6. The van der Waals surface area contributed by atoms with Crippen LogP contribution in [-0.2, 0) is 9.53 Å². The third-order valence-corrected chi connectivity index (χ3v) is 7.57. The van der Waals surface area contributed by atoms with Gasteiger partial charge >= 0.3 is 0 Å². The zero-order chi connectivity index (χ0) is 25.4. The summed E-state index contributed by atoms with van der Waals surface area (Å²) < 4.78 is 14.3. The number of carbonyl (C=O) groups is 1. The van der Waals surface area contributed by atoms with Gasteiger partial charge in [-0.3, -0.25) is 4.79 Å². The molecule has 6 rings (SSSR count). The zero-order valence-electron chi connectivity index (χ0n) is 20.5. The van der Waals surface area contributed by atoms with Crippen molar-refractivity contribution in [3.63, 3.8) is 0 Å². The molecule has 2 aliphatic rings. The van der Waals surface area contributed by atoms with Crippen LogP contribution in [0.3, 0.4) is 0 Å². The summed E-state index contributed by atoms with van der Waals surface area (Å²) in [5, 5.41) is 5.72. The van der Waals surface area contributed by atoms with Crippen molar-refractivity contribution in [2.75, 3.05) is 12.3 Å². The van der Waals surface area contributed by atoms with Gasteiger partial charge in [0, 0.05) is 17.9 Å². The van der Waals surface area contributed by atoms with E-state index in [-0.39, 0.29) is 23.3 Å². The number of ether oxygens (including phenoxy) is 2. The average Bonchev–Trinajstić information content (AvgIpc) is 3.52. The first kappa shape index (κ1) is 23.4. The van der Waals surface area contributed by atoms with Crippen LogP contribution in [0, 0.1) is 5.92 Å². The van der Waals surface area contributed by atoms with Gasteiger partial charge in [0.25, 0.3) is 0 Å². The lowest BCUT2D eigenvalue weighted by Crippen LogP contribution is -2.37. The maximum absolute atomic E-state index is 12.3. The number of hydrogen-bond donors (Lipinski definition) is 1. The SMILES string of the molecule is C=CC(=O)C1CCCC2(C1)CC(n1nc(-c3ccc(Oc4ccccc4)cc3)c3c(N)ncnc31)CO2. The Bertz CT molecular complexity index is 1450. The summed E-state index contributed by atoms with van der Waals surface area (Å²) in [6.07, 6.45) is 7.22. The number of hydrogen-bond acceptors (Lipinski definition) is 7. The molecule has 3 unspecified atom stereocenters. The molecule has 1 saturated carbocycles. The Morgan fingerprint density at radius 1 is 1.11 bits per heavy atom. The molecule has 1 aliphatic heterocycles. The molecule has 4 aromatic rings. The van der Waals surface area contributed by atoms with E-state index in [4.69, 9.17) is 20.3 Å². The highest BCUT2D eigenvalue weighted by Gasteiger charge is 2.46. The lowest BCUT2D eigenvalue weighted by molar-refractivity contribution is -0.123. The predicted octanol–water partition coefficient (Wildman–Crippen LogP) is 5.51. The van der Waals surface area contributed by atoms with Crippen LogP contribution in [0.4, 0.5) is 5.82 Å². The number of allylic oxidation sites excluding steroid dienone is 1. The van der Waals surface area contributed by atoms with E-state index in [1.54, 1.807) is 0 Å². The van der Waals surface area contributed by atoms with Crippen molar-refractivity contribution in [2.24, 2.45) is 5.92 Å². The first-order valence-corrected chi connectivity index (χ1v) is 12.7. The molecule has 0 amide bonds. The molecule has 188 valence electrons. The number of nitrogen functional groups attached to an aromatic ring is 1. The fourth-order valence-electron chi connectivity index (χ4n) is 5.78. The van der Waals surface area contributed by atoms with E-state index in [1.165, 1.54) is 12.4 Å². The van der Waals surface area contributed by atoms with E-state index in [1.807, 2.05) is 59.3 Å². The molecular formula is C29H29N5O3. The Hall–Kier alpha value is -4.04. The summed E-state index contributed by atoms with van der Waals surface area (Å²) in [5.41, 5.74) is 8.32. The number of nitrogens with two attached hydrogens (primary N) is 1. The molecule has 1 aliphatic carbocycles. The lowest BCUT2D eigenvalue weighted by Gasteiger charge is -2.36. The quantitative estimate of drug-likeness (QED) is 0.352. The minimum absolute atomic E-state index is 0.0104. The fourth-order valence-corrected chi connectivity index (χ4v) is 5.78. The van der Waals surface area contributed by atoms with Gasteiger partial charge in [0.15, 0.2) is 11.4 Å². The summed E-state index contributed by atoms with van der Waals surface area (Å²) >= 11 is 0. The first-order valence-electron chi connectivity index (χ1n) is 12.7. The smallest absolute Gasteiger partial charge is 0.164 e. The van der Waals surface area contributed by atoms with Crippen LogP contribution in [0.15, 0.2) is 73.6 Å². The fraction of sp³-hybridized carbons (Fsp3) is 0.310. The molecule has 3 atom stereocenters. The number of benzene rings is 2. The summed E-state index contributed by atoms with van der Waals surface area (Å²) in [6.45, 7) is 4.19. The topological polar surface area (TPSA) is 105 Å². The molecule has 2 aromatic heterocycles. The van der Waals surface area contributed by atoms with Gasteiger partial charge in [-0.2, -0.15) is 5.10 Å². The second-order valence-corrected chi connectivity index (χ2v) is 9.94. The largest absolute Gasteiger partial charge is 0.457 e. The van der Waals surface area contributed by atoms with Gasteiger partial charge in [-0.05, 0) is 68.2 Å².